The van der Waals surface area contributed by atoms with E-state index in [0.717, 1.165) is 24.8 Å². The molecule has 0 spiro atoms. The predicted molar refractivity (Wildman–Crippen MR) is 85.7 cm³/mol. The van der Waals surface area contributed by atoms with Crippen molar-refractivity contribution in [2.24, 2.45) is 16.5 Å². The maximum absolute atomic E-state index is 12.3. The Labute approximate surface area is 130 Å². The van der Waals surface area contributed by atoms with Crippen LogP contribution < -0.4 is 11.5 Å². The summed E-state index contributed by atoms with van der Waals surface area (Å²) in [4.78, 5) is 16.0. The van der Waals surface area contributed by atoms with Crippen LogP contribution in [0.25, 0.3) is 0 Å². The Hall–Kier alpha value is -1.89. The van der Waals surface area contributed by atoms with Crippen LogP contribution in [0.4, 0.5) is 0 Å². The molecule has 6 nitrogen and oxygen atoms in total. The number of guanidine groups is 1. The fourth-order valence-electron chi connectivity index (χ4n) is 2.68. The molecule has 1 amide bonds. The molecule has 0 saturated heterocycles. The van der Waals surface area contributed by atoms with Crippen LogP contribution >= 0.6 is 0 Å². The number of benzene rings is 1. The standard InChI is InChI=1S/C15H21N3O3S/c1-3-4-11-12(14(19)18-15(16)17)8-7-10(9-5-6-9)13(11)22(2,20)21/h7-9H,3-6H2,1-2H3,(H4,16,17,18,19). The molecule has 0 aliphatic heterocycles. The maximum Gasteiger partial charge on any atom is 0.280 e. The lowest BCUT2D eigenvalue weighted by Crippen LogP contribution is -2.24. The molecule has 1 fully saturated rings. The van der Waals surface area contributed by atoms with Gasteiger partial charge in [0, 0.05) is 11.8 Å². The Morgan fingerprint density at radius 3 is 2.41 bits per heavy atom. The van der Waals surface area contributed by atoms with Crippen molar-refractivity contribution in [2.75, 3.05) is 6.26 Å². The minimum Gasteiger partial charge on any atom is -0.370 e. The summed E-state index contributed by atoms with van der Waals surface area (Å²) in [5, 5.41) is 0. The first kappa shape index (κ1) is 16.5. The largest absolute Gasteiger partial charge is 0.370 e. The van der Waals surface area contributed by atoms with E-state index < -0.39 is 15.7 Å². The second-order valence-corrected chi connectivity index (χ2v) is 7.60. The number of sulfone groups is 1. The molecule has 1 saturated carbocycles. The summed E-state index contributed by atoms with van der Waals surface area (Å²) in [6, 6.07) is 3.37. The van der Waals surface area contributed by atoms with Gasteiger partial charge in [0.15, 0.2) is 15.8 Å². The number of nitrogens with two attached hydrogens (primary N) is 2. The van der Waals surface area contributed by atoms with Crippen LogP contribution in [0.1, 0.15) is 53.6 Å². The van der Waals surface area contributed by atoms with E-state index in [2.05, 4.69) is 4.99 Å². The monoisotopic (exact) mass is 323 g/mol. The van der Waals surface area contributed by atoms with E-state index >= 15 is 0 Å². The van der Waals surface area contributed by atoms with E-state index in [1.165, 1.54) is 6.26 Å². The summed E-state index contributed by atoms with van der Waals surface area (Å²) in [5.41, 5.74) is 12.1. The third-order valence-electron chi connectivity index (χ3n) is 3.64. The fourth-order valence-corrected chi connectivity index (χ4v) is 4.00. The Kier molecular flexibility index (Phi) is 4.55. The van der Waals surface area contributed by atoms with Crippen molar-refractivity contribution < 1.29 is 13.2 Å². The Morgan fingerprint density at radius 2 is 1.95 bits per heavy atom. The molecule has 4 N–H and O–H groups in total. The van der Waals surface area contributed by atoms with Crippen molar-refractivity contribution in [3.05, 3.63) is 28.8 Å². The van der Waals surface area contributed by atoms with Gasteiger partial charge in [0.2, 0.25) is 0 Å². The summed E-state index contributed by atoms with van der Waals surface area (Å²) >= 11 is 0. The summed E-state index contributed by atoms with van der Waals surface area (Å²) in [6.45, 7) is 1.94. The zero-order chi connectivity index (χ0) is 16.5. The van der Waals surface area contributed by atoms with Gasteiger partial charge in [0.05, 0.1) is 4.90 Å². The van der Waals surface area contributed by atoms with Gasteiger partial charge in [-0.1, -0.05) is 19.4 Å². The third kappa shape index (κ3) is 3.47. The van der Waals surface area contributed by atoms with Crippen LogP contribution in [-0.2, 0) is 16.3 Å². The number of carbonyl (C=O) groups excluding carboxylic acids is 1. The predicted octanol–water partition coefficient (Wildman–Crippen LogP) is 1.33. The molecule has 0 heterocycles. The molecule has 0 atom stereocenters. The Morgan fingerprint density at radius 1 is 1.32 bits per heavy atom. The van der Waals surface area contributed by atoms with Gasteiger partial charge in [-0.2, -0.15) is 4.99 Å². The summed E-state index contributed by atoms with van der Waals surface area (Å²) in [5.74, 6) is -0.664. The van der Waals surface area contributed by atoms with E-state index in [1.54, 1.807) is 12.1 Å². The lowest BCUT2D eigenvalue weighted by molar-refractivity contribution is 0.100. The highest BCUT2D eigenvalue weighted by Gasteiger charge is 2.32. The molecule has 120 valence electrons. The molecule has 1 aromatic carbocycles. The van der Waals surface area contributed by atoms with Crippen molar-refractivity contribution in [1.82, 2.24) is 0 Å². The number of nitrogens with zero attached hydrogens (tertiary/aromatic N) is 1. The van der Waals surface area contributed by atoms with Crippen molar-refractivity contribution in [2.45, 2.75) is 43.4 Å². The minimum absolute atomic E-state index is 0.264. The normalized spacial score (nSPS) is 14.6. The summed E-state index contributed by atoms with van der Waals surface area (Å²) in [7, 11) is -3.44. The van der Waals surface area contributed by atoms with Gasteiger partial charge >= 0.3 is 0 Å². The van der Waals surface area contributed by atoms with E-state index in [1.807, 2.05) is 6.92 Å². The van der Waals surface area contributed by atoms with E-state index in [9.17, 15) is 13.2 Å². The SMILES string of the molecule is CCCc1c(C(=O)N=C(N)N)ccc(C2CC2)c1S(C)(=O)=O. The number of hydrogen-bond donors (Lipinski definition) is 2. The maximum atomic E-state index is 12.3. The zero-order valence-electron chi connectivity index (χ0n) is 12.8. The smallest absolute Gasteiger partial charge is 0.280 e. The molecule has 1 aliphatic carbocycles. The van der Waals surface area contributed by atoms with E-state index in [4.69, 9.17) is 11.5 Å². The molecule has 0 unspecified atom stereocenters. The summed E-state index contributed by atoms with van der Waals surface area (Å²) in [6.07, 6.45) is 4.36. The first-order valence-electron chi connectivity index (χ1n) is 7.25. The topological polar surface area (TPSA) is 116 Å². The number of hydrogen-bond acceptors (Lipinski definition) is 3. The molecule has 22 heavy (non-hydrogen) atoms. The Balaban J connectivity index is 2.70. The van der Waals surface area contributed by atoms with Gasteiger partial charge in [-0.15, -0.1) is 0 Å². The highest BCUT2D eigenvalue weighted by atomic mass is 32.2. The van der Waals surface area contributed by atoms with E-state index in [-0.39, 0.29) is 22.3 Å². The van der Waals surface area contributed by atoms with Gasteiger partial charge in [-0.3, -0.25) is 4.79 Å². The number of aliphatic imine (C=N–C) groups is 1. The van der Waals surface area contributed by atoms with Crippen LogP contribution in [0.5, 0.6) is 0 Å². The van der Waals surface area contributed by atoms with Gasteiger partial charge < -0.3 is 11.5 Å². The highest BCUT2D eigenvalue weighted by Crippen LogP contribution is 2.44. The van der Waals surface area contributed by atoms with Crippen molar-refractivity contribution in [3.63, 3.8) is 0 Å². The van der Waals surface area contributed by atoms with Crippen LogP contribution in [0.2, 0.25) is 0 Å². The molecule has 7 heteroatoms. The van der Waals surface area contributed by atoms with Gasteiger partial charge in [0.25, 0.3) is 5.91 Å². The highest BCUT2D eigenvalue weighted by molar-refractivity contribution is 7.90. The molecule has 2 rings (SSSR count). The van der Waals surface area contributed by atoms with Crippen molar-refractivity contribution in [1.29, 1.82) is 0 Å². The second-order valence-electron chi connectivity index (χ2n) is 5.65. The first-order chi connectivity index (χ1) is 10.3. The first-order valence-corrected chi connectivity index (χ1v) is 9.14. The molecule has 1 aromatic rings. The zero-order valence-corrected chi connectivity index (χ0v) is 13.6. The van der Waals surface area contributed by atoms with Gasteiger partial charge in [-0.25, -0.2) is 8.42 Å². The Bertz CT molecular complexity index is 731. The fraction of sp³-hybridized carbons (Fsp3) is 0.467. The van der Waals surface area contributed by atoms with Crippen molar-refractivity contribution in [3.8, 4) is 0 Å². The lowest BCUT2D eigenvalue weighted by Gasteiger charge is -2.16. The average molecular weight is 323 g/mol. The van der Waals surface area contributed by atoms with Crippen LogP contribution in [0.15, 0.2) is 22.0 Å². The average Bonchev–Trinajstić information content (AvgIpc) is 3.20. The third-order valence-corrected chi connectivity index (χ3v) is 4.86. The molecule has 0 aromatic heterocycles. The second kappa shape index (κ2) is 6.08. The molecule has 0 radical (unpaired) electrons. The van der Waals surface area contributed by atoms with Crippen molar-refractivity contribution >= 4 is 21.7 Å². The molecular formula is C15H21N3O3S. The van der Waals surface area contributed by atoms with Crippen LogP contribution in [0.3, 0.4) is 0 Å². The van der Waals surface area contributed by atoms with E-state index in [0.29, 0.717) is 12.0 Å². The minimum atomic E-state index is -3.44. The van der Waals surface area contributed by atoms with Crippen LogP contribution in [-0.4, -0.2) is 26.5 Å². The van der Waals surface area contributed by atoms with Gasteiger partial charge in [0.1, 0.15) is 0 Å². The molecular weight excluding hydrogens is 302 g/mol. The van der Waals surface area contributed by atoms with Crippen LogP contribution in [0, 0.1) is 0 Å². The number of carbonyl (C=O) groups is 1. The number of rotatable bonds is 5. The molecule has 1 aliphatic rings. The quantitative estimate of drug-likeness (QED) is 0.626. The lowest BCUT2D eigenvalue weighted by atomic mass is 9.97. The summed E-state index contributed by atoms with van der Waals surface area (Å²) < 4.78 is 24.6. The van der Waals surface area contributed by atoms with Gasteiger partial charge in [-0.05, 0) is 42.4 Å². The number of amides is 1. The molecule has 0 bridgehead atoms.